The Bertz CT molecular complexity index is 1100. The number of benzene rings is 3. The molecule has 0 aromatic heterocycles. The molecular weight excluding hydrogens is 417 g/mol. The number of fused-ring (bicyclic) bond motifs is 2. The van der Waals surface area contributed by atoms with Gasteiger partial charge < -0.3 is 10.1 Å². The van der Waals surface area contributed by atoms with Gasteiger partial charge in [0.2, 0.25) is 5.91 Å². The highest BCUT2D eigenvalue weighted by Gasteiger charge is 2.32. The van der Waals surface area contributed by atoms with Crippen LogP contribution in [-0.2, 0) is 16.8 Å². The van der Waals surface area contributed by atoms with Crippen LogP contribution in [0.5, 0.6) is 5.75 Å². The number of hydrogen-bond donors (Lipinski definition) is 1. The van der Waals surface area contributed by atoms with Gasteiger partial charge in [0.05, 0.1) is 21.7 Å². The second-order valence-electron chi connectivity index (χ2n) is 8.51. The Labute approximate surface area is 187 Å². The highest BCUT2D eigenvalue weighted by molar-refractivity contribution is 6.39. The number of carbonyl (C=O) groups excluding carboxylic acids is 1. The van der Waals surface area contributed by atoms with Crippen LogP contribution in [0.4, 0.5) is 5.69 Å². The maximum atomic E-state index is 13.6. The largest absolute Gasteiger partial charge is 0.489 e. The summed E-state index contributed by atoms with van der Waals surface area (Å²) in [6, 6.07) is 19.1. The predicted molar refractivity (Wildman–Crippen MR) is 123 cm³/mol. The van der Waals surface area contributed by atoms with E-state index in [0.29, 0.717) is 28.1 Å². The van der Waals surface area contributed by atoms with Crippen LogP contribution >= 0.6 is 23.2 Å². The fourth-order valence-corrected chi connectivity index (χ4v) is 4.23. The van der Waals surface area contributed by atoms with Crippen molar-refractivity contribution in [3.63, 3.8) is 0 Å². The molecule has 3 nitrogen and oxygen atoms in total. The van der Waals surface area contributed by atoms with Gasteiger partial charge >= 0.3 is 0 Å². The van der Waals surface area contributed by atoms with E-state index in [2.05, 4.69) is 38.2 Å². The Morgan fingerprint density at radius 3 is 2.37 bits per heavy atom. The van der Waals surface area contributed by atoms with E-state index < -0.39 is 5.92 Å². The van der Waals surface area contributed by atoms with Crippen molar-refractivity contribution in [2.45, 2.75) is 38.7 Å². The van der Waals surface area contributed by atoms with Gasteiger partial charge in [-0.1, -0.05) is 86.4 Å². The van der Waals surface area contributed by atoms with Crippen molar-refractivity contribution < 1.29 is 9.53 Å². The van der Waals surface area contributed by atoms with Crippen LogP contribution in [-0.4, -0.2) is 5.91 Å². The quantitative estimate of drug-likeness (QED) is 0.468. The van der Waals surface area contributed by atoms with Crippen molar-refractivity contribution >= 4 is 34.8 Å². The number of carbonyl (C=O) groups is 1. The number of anilines is 1. The molecule has 5 heteroatoms. The van der Waals surface area contributed by atoms with Crippen LogP contribution in [0.1, 0.15) is 48.9 Å². The van der Waals surface area contributed by atoms with Crippen molar-refractivity contribution in [1.29, 1.82) is 0 Å². The minimum Gasteiger partial charge on any atom is -0.489 e. The van der Waals surface area contributed by atoms with Crippen LogP contribution in [0.15, 0.2) is 60.7 Å². The molecule has 1 atom stereocenters. The average molecular weight is 440 g/mol. The number of hydrogen-bond acceptors (Lipinski definition) is 2. The van der Waals surface area contributed by atoms with E-state index in [1.165, 1.54) is 0 Å². The lowest BCUT2D eigenvalue weighted by atomic mass is 9.82. The molecule has 0 saturated heterocycles. The molecule has 1 aliphatic rings. The minimum atomic E-state index is -0.548. The maximum absolute atomic E-state index is 13.6. The smallest absolute Gasteiger partial charge is 0.236 e. The average Bonchev–Trinajstić information content (AvgIpc) is 2.86. The van der Waals surface area contributed by atoms with E-state index in [0.717, 1.165) is 22.3 Å². The van der Waals surface area contributed by atoms with Gasteiger partial charge in [-0.15, -0.1) is 0 Å². The summed E-state index contributed by atoms with van der Waals surface area (Å²) in [7, 11) is 0. The first-order chi connectivity index (χ1) is 14.3. The number of ether oxygens (including phenoxy) is 1. The van der Waals surface area contributed by atoms with Crippen molar-refractivity contribution in [3.8, 4) is 5.75 Å². The van der Waals surface area contributed by atoms with Crippen LogP contribution in [0, 0.1) is 0 Å². The summed E-state index contributed by atoms with van der Waals surface area (Å²) in [5.74, 6) is -0.0341. The molecule has 0 aliphatic carbocycles. The summed E-state index contributed by atoms with van der Waals surface area (Å²) in [5.41, 5.74) is 4.24. The van der Waals surface area contributed by atoms with Gasteiger partial charge in [-0.05, 0) is 40.3 Å². The number of para-hydroxylation sites is 1. The molecular formula is C25H23Cl2NO2. The molecule has 1 heterocycles. The summed E-state index contributed by atoms with van der Waals surface area (Å²) >= 11 is 12.6. The van der Waals surface area contributed by atoms with E-state index >= 15 is 0 Å². The van der Waals surface area contributed by atoms with Crippen molar-refractivity contribution in [2.24, 2.45) is 0 Å². The molecule has 30 heavy (non-hydrogen) atoms. The van der Waals surface area contributed by atoms with Gasteiger partial charge in [0.1, 0.15) is 12.4 Å². The Hall–Kier alpha value is -2.49. The zero-order valence-corrected chi connectivity index (χ0v) is 18.6. The van der Waals surface area contributed by atoms with Crippen LogP contribution in [0.3, 0.4) is 0 Å². The SMILES string of the molecule is CC(C)(C)c1ccc2c(c1)C(C(=O)Nc1c(Cl)cccc1Cl)c1ccccc1CO2. The minimum absolute atomic E-state index is 0.0616. The summed E-state index contributed by atoms with van der Waals surface area (Å²) in [6.07, 6.45) is 0. The van der Waals surface area contributed by atoms with Crippen LogP contribution in [0.2, 0.25) is 10.0 Å². The van der Waals surface area contributed by atoms with E-state index in [-0.39, 0.29) is 11.3 Å². The first-order valence-electron chi connectivity index (χ1n) is 9.85. The lowest BCUT2D eigenvalue weighted by molar-refractivity contribution is -0.116. The molecule has 1 amide bonds. The number of amides is 1. The first-order valence-corrected chi connectivity index (χ1v) is 10.6. The van der Waals surface area contributed by atoms with Gasteiger partial charge in [0.15, 0.2) is 0 Å². The number of halogens is 2. The van der Waals surface area contributed by atoms with Crippen LogP contribution < -0.4 is 10.1 Å². The molecule has 4 rings (SSSR count). The highest BCUT2D eigenvalue weighted by atomic mass is 35.5. The molecule has 1 unspecified atom stereocenters. The van der Waals surface area contributed by atoms with E-state index in [4.69, 9.17) is 27.9 Å². The Morgan fingerprint density at radius 1 is 0.967 bits per heavy atom. The van der Waals surface area contributed by atoms with Gasteiger partial charge in [-0.25, -0.2) is 0 Å². The van der Waals surface area contributed by atoms with E-state index in [1.54, 1.807) is 18.2 Å². The predicted octanol–water partition coefficient (Wildman–Crippen LogP) is 6.95. The second kappa shape index (κ2) is 7.98. The van der Waals surface area contributed by atoms with Crippen LogP contribution in [0.25, 0.3) is 0 Å². The summed E-state index contributed by atoms with van der Waals surface area (Å²) in [5, 5.41) is 3.76. The van der Waals surface area contributed by atoms with Crippen molar-refractivity contribution in [2.75, 3.05) is 5.32 Å². The van der Waals surface area contributed by atoms with E-state index in [9.17, 15) is 4.79 Å². The number of nitrogens with one attached hydrogen (secondary N) is 1. The third-order valence-electron chi connectivity index (χ3n) is 5.41. The van der Waals surface area contributed by atoms with Crippen molar-refractivity contribution in [3.05, 3.63) is 93.0 Å². The first kappa shape index (κ1) is 20.8. The Morgan fingerprint density at radius 2 is 1.67 bits per heavy atom. The summed E-state index contributed by atoms with van der Waals surface area (Å²) in [6.45, 7) is 6.87. The molecule has 0 bridgehead atoms. The second-order valence-corrected chi connectivity index (χ2v) is 9.32. The zero-order valence-electron chi connectivity index (χ0n) is 17.1. The fourth-order valence-electron chi connectivity index (χ4n) is 3.74. The third kappa shape index (κ3) is 3.92. The molecule has 154 valence electrons. The number of rotatable bonds is 2. The zero-order chi connectivity index (χ0) is 21.5. The summed E-state index contributed by atoms with van der Waals surface area (Å²) in [4.78, 5) is 13.6. The van der Waals surface area contributed by atoms with Gasteiger partial charge in [-0.2, -0.15) is 0 Å². The topological polar surface area (TPSA) is 38.3 Å². The van der Waals surface area contributed by atoms with Gasteiger partial charge in [-0.3, -0.25) is 4.79 Å². The molecule has 0 saturated carbocycles. The molecule has 1 N–H and O–H groups in total. The molecule has 3 aromatic rings. The molecule has 3 aromatic carbocycles. The normalized spacial score (nSPS) is 15.4. The van der Waals surface area contributed by atoms with Gasteiger partial charge in [0.25, 0.3) is 0 Å². The maximum Gasteiger partial charge on any atom is 0.236 e. The standard InChI is InChI=1S/C25H23Cl2NO2/c1-25(2,3)16-11-12-21-18(13-16)22(17-8-5-4-7-15(17)14-30-21)24(29)28-23-19(26)9-6-10-20(23)27/h4-13,22H,14H2,1-3H3,(H,28,29). The van der Waals surface area contributed by atoms with Gasteiger partial charge in [0, 0.05) is 5.56 Å². The third-order valence-corrected chi connectivity index (χ3v) is 6.04. The molecule has 0 radical (unpaired) electrons. The summed E-state index contributed by atoms with van der Waals surface area (Å²) < 4.78 is 6.09. The highest BCUT2D eigenvalue weighted by Crippen LogP contribution is 2.41. The monoisotopic (exact) mass is 439 g/mol. The Balaban J connectivity index is 1.86. The lowest BCUT2D eigenvalue weighted by Gasteiger charge is -2.24. The van der Waals surface area contributed by atoms with E-state index in [1.807, 2.05) is 30.3 Å². The fraction of sp³-hybridized carbons (Fsp3) is 0.240. The van der Waals surface area contributed by atoms with Crippen molar-refractivity contribution in [1.82, 2.24) is 0 Å². The Kier molecular flexibility index (Phi) is 5.52. The lowest BCUT2D eigenvalue weighted by Crippen LogP contribution is -2.23. The molecule has 0 fully saturated rings. The molecule has 0 spiro atoms. The molecule has 1 aliphatic heterocycles.